The average Bonchev–Trinajstić information content (AvgIpc) is 2.74. The van der Waals surface area contributed by atoms with Gasteiger partial charge in [0.25, 0.3) is 20.2 Å². The van der Waals surface area contributed by atoms with Crippen molar-refractivity contribution in [2.45, 2.75) is 11.8 Å². The molecule has 10 heteroatoms. The van der Waals surface area contributed by atoms with E-state index >= 15 is 0 Å². The molecule has 8 nitrogen and oxygen atoms in total. The van der Waals surface area contributed by atoms with Crippen LogP contribution in [0.3, 0.4) is 0 Å². The van der Waals surface area contributed by atoms with Crippen molar-refractivity contribution in [1.29, 1.82) is 0 Å². The van der Waals surface area contributed by atoms with Crippen LogP contribution in [-0.4, -0.2) is 45.3 Å². The minimum absolute atomic E-state index is 0.0650. The molecular formula is C23H22NO7S2+. The molecule has 33 heavy (non-hydrogen) atoms. The molecule has 0 aromatic heterocycles. The second kappa shape index (κ2) is 8.38. The van der Waals surface area contributed by atoms with E-state index in [-0.39, 0.29) is 11.4 Å². The van der Waals surface area contributed by atoms with E-state index < -0.39 is 26.0 Å². The SMILES string of the molecule is Cc1ccc2c(-c3ccccc3S(=O)(=O)O)c3ccc(=[N+](C)CCS(=O)(=O)O)cc-3oc2c1. The molecule has 2 aliphatic rings. The molecule has 2 N–H and O–H groups in total. The maximum atomic E-state index is 12.1. The summed E-state index contributed by atoms with van der Waals surface area (Å²) in [5.41, 5.74) is 3.02. The van der Waals surface area contributed by atoms with Gasteiger partial charge in [0.1, 0.15) is 29.0 Å². The van der Waals surface area contributed by atoms with Crippen LogP contribution in [-0.2, 0) is 20.2 Å². The van der Waals surface area contributed by atoms with Crippen molar-refractivity contribution in [3.8, 4) is 22.5 Å². The van der Waals surface area contributed by atoms with E-state index in [1.54, 1.807) is 42.0 Å². The largest absolute Gasteiger partial charge is 0.456 e. The van der Waals surface area contributed by atoms with Crippen LogP contribution in [0.25, 0.3) is 33.4 Å². The molecule has 1 heterocycles. The molecule has 0 saturated carbocycles. The third kappa shape index (κ3) is 4.83. The molecule has 0 spiro atoms. The maximum Gasteiger partial charge on any atom is 0.295 e. The van der Waals surface area contributed by atoms with E-state index in [1.165, 1.54) is 12.1 Å². The van der Waals surface area contributed by atoms with Gasteiger partial charge in [0.15, 0.2) is 6.54 Å². The minimum Gasteiger partial charge on any atom is -0.456 e. The predicted octanol–water partition coefficient (Wildman–Crippen LogP) is 3.05. The number of aryl methyl sites for hydroxylation is 1. The number of rotatable bonds is 5. The van der Waals surface area contributed by atoms with E-state index in [9.17, 15) is 21.4 Å². The van der Waals surface area contributed by atoms with Crippen molar-refractivity contribution in [2.75, 3.05) is 19.3 Å². The van der Waals surface area contributed by atoms with Crippen LogP contribution in [0, 0.1) is 6.92 Å². The highest BCUT2D eigenvalue weighted by atomic mass is 32.2. The summed E-state index contributed by atoms with van der Waals surface area (Å²) in [5.74, 6) is 0.0206. The van der Waals surface area contributed by atoms with Gasteiger partial charge in [0, 0.05) is 28.1 Å². The van der Waals surface area contributed by atoms with Gasteiger partial charge in [-0.15, -0.1) is 0 Å². The lowest BCUT2D eigenvalue weighted by atomic mass is 9.93. The molecule has 1 aliphatic carbocycles. The molecular weight excluding hydrogens is 466 g/mol. The van der Waals surface area contributed by atoms with E-state index in [4.69, 9.17) is 8.97 Å². The summed E-state index contributed by atoms with van der Waals surface area (Å²) < 4.78 is 73.1. The summed E-state index contributed by atoms with van der Waals surface area (Å²) in [6.45, 7) is 1.97. The van der Waals surface area contributed by atoms with Crippen LogP contribution in [0.5, 0.6) is 0 Å². The minimum atomic E-state index is -4.49. The van der Waals surface area contributed by atoms with Gasteiger partial charge < -0.3 is 4.42 Å². The number of hydrogen-bond acceptors (Lipinski definition) is 5. The Balaban J connectivity index is 2.07. The lowest BCUT2D eigenvalue weighted by Crippen LogP contribution is -2.30. The zero-order valence-electron chi connectivity index (χ0n) is 17.9. The molecule has 0 bridgehead atoms. The first-order chi connectivity index (χ1) is 15.4. The monoisotopic (exact) mass is 488 g/mol. The Bertz CT molecular complexity index is 1640. The fourth-order valence-electron chi connectivity index (χ4n) is 3.79. The first kappa shape index (κ1) is 23.1. The van der Waals surface area contributed by atoms with Crippen LogP contribution in [0.2, 0.25) is 0 Å². The quantitative estimate of drug-likeness (QED) is 0.251. The van der Waals surface area contributed by atoms with E-state index in [2.05, 4.69) is 0 Å². The highest BCUT2D eigenvalue weighted by Gasteiger charge is 2.23. The highest BCUT2D eigenvalue weighted by Crippen LogP contribution is 2.42. The van der Waals surface area contributed by atoms with Crippen LogP contribution in [0.4, 0.5) is 0 Å². The van der Waals surface area contributed by atoms with Gasteiger partial charge in [-0.05, 0) is 30.7 Å². The lowest BCUT2D eigenvalue weighted by molar-refractivity contribution is 0.478. The zero-order chi connectivity index (χ0) is 24.0. The lowest BCUT2D eigenvalue weighted by Gasteiger charge is -2.17. The van der Waals surface area contributed by atoms with Gasteiger partial charge in [-0.25, -0.2) is 4.58 Å². The van der Waals surface area contributed by atoms with Gasteiger partial charge >= 0.3 is 0 Å². The van der Waals surface area contributed by atoms with Crippen molar-refractivity contribution in [3.05, 3.63) is 71.6 Å². The fourth-order valence-corrected chi connectivity index (χ4v) is 5.00. The molecule has 0 unspecified atom stereocenters. The molecule has 1 aliphatic heterocycles. The number of hydrogen-bond donors (Lipinski definition) is 2. The van der Waals surface area contributed by atoms with Crippen LogP contribution >= 0.6 is 0 Å². The first-order valence-electron chi connectivity index (χ1n) is 9.97. The average molecular weight is 489 g/mol. The number of nitrogens with zero attached hydrogens (tertiary/aromatic N) is 1. The third-order valence-corrected chi connectivity index (χ3v) is 7.03. The highest BCUT2D eigenvalue weighted by molar-refractivity contribution is 7.86. The molecule has 2 aromatic carbocycles. The van der Waals surface area contributed by atoms with E-state index in [0.717, 1.165) is 5.56 Å². The standard InChI is InChI=1S/C23H21NO7S2/c1-15-7-9-17-20(13-15)31-21-14-16(24(2)11-12-32(25,26)27)8-10-18(21)23(17)19-5-3-4-6-22(19)33(28,29)30/h3-10,13-14H,11-12H2,1-2H3,(H-,25,26,27,28,29,30)/p+1. The summed E-state index contributed by atoms with van der Waals surface area (Å²) in [7, 11) is -6.91. The molecule has 4 rings (SSSR count). The Labute approximate surface area is 191 Å². The molecule has 0 amide bonds. The molecule has 0 radical (unpaired) electrons. The second-order valence-corrected chi connectivity index (χ2v) is 10.8. The van der Waals surface area contributed by atoms with Crippen molar-refractivity contribution < 1.29 is 30.4 Å². The van der Waals surface area contributed by atoms with Gasteiger partial charge in [-0.3, -0.25) is 9.11 Å². The molecule has 172 valence electrons. The summed E-state index contributed by atoms with van der Waals surface area (Å²) in [6, 6.07) is 17.0. The number of benzene rings is 3. The summed E-state index contributed by atoms with van der Waals surface area (Å²) >= 11 is 0. The fraction of sp³-hybridized carbons (Fsp3) is 0.174. The third-order valence-electron chi connectivity index (χ3n) is 5.42. The molecule has 0 atom stereocenters. The Morgan fingerprint density at radius 2 is 1.64 bits per heavy atom. The summed E-state index contributed by atoms with van der Waals surface area (Å²) in [6.07, 6.45) is 0. The Kier molecular flexibility index (Phi) is 5.87. The Morgan fingerprint density at radius 3 is 2.33 bits per heavy atom. The maximum absolute atomic E-state index is 12.1. The van der Waals surface area contributed by atoms with Crippen LogP contribution in [0.15, 0.2) is 70.0 Å². The van der Waals surface area contributed by atoms with E-state index in [1.807, 2.05) is 25.1 Å². The van der Waals surface area contributed by atoms with Crippen LogP contribution < -0.4 is 9.93 Å². The second-order valence-electron chi connectivity index (χ2n) is 7.84. The summed E-state index contributed by atoms with van der Waals surface area (Å²) in [4.78, 5) is -0.214. The van der Waals surface area contributed by atoms with Gasteiger partial charge in [0.05, 0.1) is 6.07 Å². The van der Waals surface area contributed by atoms with Crippen molar-refractivity contribution in [3.63, 3.8) is 0 Å². The Morgan fingerprint density at radius 1 is 0.909 bits per heavy atom. The van der Waals surface area contributed by atoms with E-state index in [0.29, 0.717) is 38.8 Å². The molecule has 0 saturated heterocycles. The predicted molar refractivity (Wildman–Crippen MR) is 125 cm³/mol. The summed E-state index contributed by atoms with van der Waals surface area (Å²) in [5, 5.41) is 1.33. The molecule has 2 aromatic rings. The van der Waals surface area contributed by atoms with Gasteiger partial charge in [-0.1, -0.05) is 30.3 Å². The normalized spacial score (nSPS) is 13.5. The first-order valence-corrected chi connectivity index (χ1v) is 13.0. The topological polar surface area (TPSA) is 125 Å². The Hall–Kier alpha value is -3.05. The van der Waals surface area contributed by atoms with Crippen molar-refractivity contribution in [2.24, 2.45) is 0 Å². The van der Waals surface area contributed by atoms with Crippen molar-refractivity contribution in [1.82, 2.24) is 4.58 Å². The molecule has 0 fully saturated rings. The van der Waals surface area contributed by atoms with Gasteiger partial charge in [-0.2, -0.15) is 16.8 Å². The zero-order valence-corrected chi connectivity index (χ0v) is 19.5. The number of fused-ring (bicyclic) bond motifs is 2. The van der Waals surface area contributed by atoms with Crippen LogP contribution in [0.1, 0.15) is 5.56 Å². The van der Waals surface area contributed by atoms with Crippen molar-refractivity contribution >= 4 is 31.2 Å². The van der Waals surface area contributed by atoms with Gasteiger partial charge in [0.2, 0.25) is 5.36 Å². The smallest absolute Gasteiger partial charge is 0.295 e.